The molecule has 32 nitrogen and oxygen atoms in total. The lowest BCUT2D eigenvalue weighted by molar-refractivity contribution is -0.140. The molecule has 0 spiro atoms. The van der Waals surface area contributed by atoms with Crippen molar-refractivity contribution in [2.75, 3.05) is 6.54 Å². The van der Waals surface area contributed by atoms with Gasteiger partial charge in [-0.05, 0) is 108 Å². The van der Waals surface area contributed by atoms with Gasteiger partial charge in [0.25, 0.3) is 0 Å². The van der Waals surface area contributed by atoms with E-state index in [1.165, 1.54) is 6.92 Å². The lowest BCUT2D eigenvalue weighted by Crippen LogP contribution is -2.60. The number of carboxylic acid groups (broad SMARTS) is 4. The highest BCUT2D eigenvalue weighted by atomic mass is 16.4. The average Bonchev–Trinajstić information content (AvgIpc) is 1.09. The lowest BCUT2D eigenvalue weighted by atomic mass is 9.99. The van der Waals surface area contributed by atoms with Crippen LogP contribution in [-0.2, 0) is 78.5 Å². The van der Waals surface area contributed by atoms with Gasteiger partial charge in [-0.2, -0.15) is 0 Å². The summed E-state index contributed by atoms with van der Waals surface area (Å²) < 4.78 is 0. The predicted octanol–water partition coefficient (Wildman–Crippen LogP) is -0.565. The van der Waals surface area contributed by atoms with E-state index in [1.54, 1.807) is 71.9 Å². The van der Waals surface area contributed by atoms with Crippen LogP contribution in [0.2, 0.25) is 0 Å². The first-order chi connectivity index (χ1) is 44.6. The Bertz CT molecular complexity index is 2730. The quantitative estimate of drug-likeness (QED) is 0.0363. The van der Waals surface area contributed by atoms with Crippen LogP contribution in [0.1, 0.15) is 177 Å². The van der Waals surface area contributed by atoms with Crippen molar-refractivity contribution in [1.29, 1.82) is 0 Å². The van der Waals surface area contributed by atoms with E-state index < -0.39 is 207 Å². The molecule has 0 saturated heterocycles. The minimum atomic E-state index is -1.83. The largest absolute Gasteiger partial charge is 0.481 e. The zero-order valence-corrected chi connectivity index (χ0v) is 56.0. The first kappa shape index (κ1) is 84.2. The second-order valence-electron chi connectivity index (χ2n) is 24.8. The van der Waals surface area contributed by atoms with Crippen LogP contribution in [0.3, 0.4) is 0 Å². The molecule has 0 aromatic heterocycles. The molecule has 0 aliphatic heterocycles. The summed E-state index contributed by atoms with van der Waals surface area (Å²) in [5, 5.41) is 66.5. The number of amides is 11. The Kier molecular flexibility index (Phi) is 39.6. The van der Waals surface area contributed by atoms with Crippen LogP contribution in [0.4, 0.5) is 0 Å². The van der Waals surface area contributed by atoms with E-state index in [0.717, 1.165) is 5.56 Å². The molecule has 1 aromatic carbocycles. The third-order valence-electron chi connectivity index (χ3n) is 15.1. The van der Waals surface area contributed by atoms with Crippen molar-refractivity contribution in [1.82, 2.24) is 58.5 Å². The first-order valence-electron chi connectivity index (χ1n) is 32.3. The zero-order chi connectivity index (χ0) is 72.1. The smallest absolute Gasteiger partial charge is 0.305 e. The predicted molar refractivity (Wildman–Crippen MR) is 345 cm³/mol. The molecule has 0 heterocycles. The van der Waals surface area contributed by atoms with E-state index in [-0.39, 0.29) is 75.4 Å². The Balaban J connectivity index is 3.65. The molecular weight excluding hydrogens is 1240 g/mol. The highest BCUT2D eigenvalue weighted by Crippen LogP contribution is 2.15. The summed E-state index contributed by atoms with van der Waals surface area (Å²) >= 11 is 0. The summed E-state index contributed by atoms with van der Waals surface area (Å²) in [4.78, 5) is 199. The molecule has 0 saturated carbocycles. The van der Waals surface area contributed by atoms with Crippen LogP contribution < -0.4 is 70.0 Å². The van der Waals surface area contributed by atoms with Gasteiger partial charge in [-0.25, -0.2) is 0 Å². The van der Waals surface area contributed by atoms with Gasteiger partial charge < -0.3 is 90.4 Å². The van der Waals surface area contributed by atoms with Crippen LogP contribution in [0.15, 0.2) is 30.3 Å². The monoisotopic (exact) mass is 1350 g/mol. The number of nitrogens with two attached hydrogens (primary N) is 2. The molecule has 32 heteroatoms. The van der Waals surface area contributed by atoms with Crippen molar-refractivity contribution in [3.63, 3.8) is 0 Å². The summed E-state index contributed by atoms with van der Waals surface area (Å²) in [6.07, 6.45) is -4.52. The Morgan fingerprint density at radius 1 is 0.389 bits per heavy atom. The van der Waals surface area contributed by atoms with Gasteiger partial charge in [0.15, 0.2) is 0 Å². The highest BCUT2D eigenvalue weighted by Gasteiger charge is 2.37. The summed E-state index contributed by atoms with van der Waals surface area (Å²) in [6.45, 7) is 15.9. The number of carboxylic acids is 4. The molecule has 19 N–H and O–H groups in total. The summed E-state index contributed by atoms with van der Waals surface area (Å²) in [6, 6.07) is -6.45. The number of hydrogen-bond acceptors (Lipinski definition) is 17. The Morgan fingerprint density at radius 2 is 0.726 bits per heavy atom. The average molecular weight is 1350 g/mol. The number of primary amides is 1. The molecule has 1 rings (SSSR count). The van der Waals surface area contributed by atoms with Gasteiger partial charge in [0.2, 0.25) is 65.0 Å². The van der Waals surface area contributed by atoms with Gasteiger partial charge in [0.05, 0.1) is 12.5 Å². The van der Waals surface area contributed by atoms with E-state index in [9.17, 15) is 92.3 Å². The second kappa shape index (κ2) is 44.7. The van der Waals surface area contributed by atoms with Crippen molar-refractivity contribution in [3.05, 3.63) is 35.9 Å². The maximum atomic E-state index is 14.4. The van der Waals surface area contributed by atoms with Crippen molar-refractivity contribution in [2.24, 2.45) is 29.2 Å². The van der Waals surface area contributed by atoms with Gasteiger partial charge in [-0.15, -0.1) is 0 Å². The maximum Gasteiger partial charge on any atom is 0.305 e. The van der Waals surface area contributed by atoms with E-state index in [2.05, 4.69) is 58.5 Å². The minimum Gasteiger partial charge on any atom is -0.481 e. The van der Waals surface area contributed by atoms with Crippen molar-refractivity contribution in [3.8, 4) is 0 Å². The van der Waals surface area contributed by atoms with Crippen LogP contribution in [-0.4, -0.2) is 182 Å². The van der Waals surface area contributed by atoms with Crippen molar-refractivity contribution in [2.45, 2.75) is 244 Å². The Morgan fingerprint density at radius 3 is 1.06 bits per heavy atom. The standard InChI is InChI=1S/C63H103N13O19/c1-10-11-19-40(56(88)73-44(23-27-51(80)81)60(92)74-45(24-28-52(82)83)59(91)72-43(22-26-50(78)79)55(87)68-38(9)54(86)67-37(8)36(6)7)69-58(90)42(21-25-49(65)77)71-57(89)41(20-15-16-29-64)70-62(94)47(30-34(2)3)76-63(95)48(31-35(4)5)75-61(93)46(32-53(84)85)66-33-39-17-13-12-14-18-39/h12-14,17-18,34-38,40-48,66H,10-11,15-16,19-33,64H2,1-9H3,(H2,65,77)(H,67,86)(H,68,87)(H,69,90)(H,70,94)(H,71,89)(H,72,91)(H,73,88)(H,74,92)(H,75,93)(H,76,95)(H,78,79)(H,80,81)(H,82,83)(H,84,85)/t37-,38+,40+,41+,42+,43+,44+,45+,46+,47-,48+/m1/s1. The number of nitrogens with one attached hydrogen (secondary N) is 11. The fourth-order valence-electron chi connectivity index (χ4n) is 9.35. The van der Waals surface area contributed by atoms with E-state index in [0.29, 0.717) is 12.8 Å². The molecule has 0 fully saturated rings. The SMILES string of the molecule is CCCC[C@H](NC(=O)[C@H](CCC(N)=O)NC(=O)[C@H](CCCCN)NC(=O)[C@@H](CC(C)C)NC(=O)[C@H](CC(C)C)NC(=O)[C@H](CC(=O)O)NCc1ccccc1)C(=O)N[C@@H](CCC(=O)O)C(=O)N[C@@H](CCC(=O)O)C(=O)N[C@@H](CCC(=O)O)C(=O)N[C@@H](C)C(=O)N[C@H](C)C(C)C. The third-order valence-corrected chi connectivity index (χ3v) is 15.1. The lowest BCUT2D eigenvalue weighted by Gasteiger charge is -2.29. The number of rotatable bonds is 49. The van der Waals surface area contributed by atoms with Crippen LogP contribution in [0.5, 0.6) is 0 Å². The summed E-state index contributed by atoms with van der Waals surface area (Å²) in [7, 11) is 0. The number of hydrogen-bond donors (Lipinski definition) is 17. The normalized spacial score (nSPS) is 14.7. The van der Waals surface area contributed by atoms with Gasteiger partial charge in [-0.3, -0.25) is 71.9 Å². The summed E-state index contributed by atoms with van der Waals surface area (Å²) in [5.41, 5.74) is 12.0. The molecule has 534 valence electrons. The van der Waals surface area contributed by atoms with Gasteiger partial charge in [0, 0.05) is 38.3 Å². The number of carbonyl (C=O) groups is 15. The van der Waals surface area contributed by atoms with Gasteiger partial charge in [0.1, 0.15) is 54.4 Å². The summed E-state index contributed by atoms with van der Waals surface area (Å²) in [5.74, 6) is -16.5. The topological polar surface area (TPSA) is 521 Å². The van der Waals surface area contributed by atoms with Crippen LogP contribution in [0.25, 0.3) is 0 Å². The van der Waals surface area contributed by atoms with Crippen molar-refractivity contribution >= 4 is 88.9 Å². The number of aliphatic carboxylic acids is 4. The molecule has 0 aliphatic carbocycles. The van der Waals surface area contributed by atoms with E-state index in [4.69, 9.17) is 11.5 Å². The maximum absolute atomic E-state index is 14.4. The molecule has 0 unspecified atom stereocenters. The highest BCUT2D eigenvalue weighted by molar-refractivity contribution is 5.99. The fraction of sp³-hybridized carbons (Fsp3) is 0.667. The molecule has 95 heavy (non-hydrogen) atoms. The Labute approximate surface area is 554 Å². The minimum absolute atomic E-state index is 0.0115. The molecular formula is C63H103N13O19. The molecule has 0 bridgehead atoms. The molecule has 0 aliphatic rings. The number of benzene rings is 1. The van der Waals surface area contributed by atoms with Gasteiger partial charge >= 0.3 is 23.9 Å². The molecule has 11 amide bonds. The molecule has 11 atom stereocenters. The zero-order valence-electron chi connectivity index (χ0n) is 56.0. The van der Waals surface area contributed by atoms with Crippen LogP contribution >= 0.6 is 0 Å². The van der Waals surface area contributed by atoms with E-state index >= 15 is 0 Å². The number of carbonyl (C=O) groups excluding carboxylic acids is 11. The molecule has 1 aromatic rings. The van der Waals surface area contributed by atoms with E-state index in [1.807, 2.05) is 13.8 Å². The first-order valence-corrected chi connectivity index (χ1v) is 32.3. The van der Waals surface area contributed by atoms with Gasteiger partial charge in [-0.1, -0.05) is 91.6 Å². The fourth-order valence-corrected chi connectivity index (χ4v) is 9.35. The second-order valence-corrected chi connectivity index (χ2v) is 24.8. The van der Waals surface area contributed by atoms with Crippen molar-refractivity contribution < 1.29 is 92.3 Å². The number of unbranched alkanes of at least 4 members (excludes halogenated alkanes) is 2. The molecule has 0 radical (unpaired) electrons. The Hall–Kier alpha value is -8.81. The third kappa shape index (κ3) is 35.3. The van der Waals surface area contributed by atoms with Crippen LogP contribution in [0, 0.1) is 17.8 Å².